The fourth-order valence-electron chi connectivity index (χ4n) is 3.35. The number of hydrogen-bond acceptors (Lipinski definition) is 7. The van der Waals surface area contributed by atoms with E-state index in [1.54, 1.807) is 61.4 Å². The molecule has 0 bridgehead atoms. The third kappa shape index (κ3) is 5.24. The van der Waals surface area contributed by atoms with Crippen LogP contribution in [0.4, 0.5) is 5.82 Å². The lowest BCUT2D eigenvalue weighted by atomic mass is 10.1. The Morgan fingerprint density at radius 3 is 2.64 bits per heavy atom. The monoisotopic (exact) mass is 469 g/mol. The number of methoxy groups -OCH3 is 1. The standard InChI is InChI=1S/C23H23N3O6S/c1-15(14-30-3)31-19-11-17(23(27)24-22-6-8-26(2)25-22)12-20(13-19)32-18-4-5-21-16(10-18)7-9-33(21,28)29/h4-13,15H,14H2,1-3H3,(H,24,25,27)/t15-/m0/s1. The third-order valence-corrected chi connectivity index (χ3v) is 6.27. The van der Waals surface area contributed by atoms with Crippen LogP contribution in [0, 0.1) is 0 Å². The van der Waals surface area contributed by atoms with Crippen LogP contribution in [-0.4, -0.2) is 43.9 Å². The molecule has 9 nitrogen and oxygen atoms in total. The van der Waals surface area contributed by atoms with Gasteiger partial charge in [-0.1, -0.05) is 0 Å². The Kier molecular flexibility index (Phi) is 6.21. The number of carbonyl (C=O) groups excluding carboxylic acids is 1. The molecule has 0 aliphatic carbocycles. The van der Waals surface area contributed by atoms with E-state index in [9.17, 15) is 13.2 Å². The van der Waals surface area contributed by atoms with Crippen molar-refractivity contribution in [2.45, 2.75) is 17.9 Å². The molecule has 1 N–H and O–H groups in total. The van der Waals surface area contributed by atoms with E-state index in [0.29, 0.717) is 40.8 Å². The number of fused-ring (bicyclic) bond motifs is 1. The van der Waals surface area contributed by atoms with Gasteiger partial charge in [0, 0.05) is 43.5 Å². The summed E-state index contributed by atoms with van der Waals surface area (Å²) in [5.74, 6) is 1.23. The number of aromatic nitrogens is 2. The molecule has 0 fully saturated rings. The van der Waals surface area contributed by atoms with E-state index in [2.05, 4.69) is 10.4 Å². The van der Waals surface area contributed by atoms with Crippen molar-refractivity contribution in [3.8, 4) is 17.2 Å². The summed E-state index contributed by atoms with van der Waals surface area (Å²) in [6.45, 7) is 2.21. The van der Waals surface area contributed by atoms with Gasteiger partial charge in [0.05, 0.1) is 11.5 Å². The highest BCUT2D eigenvalue weighted by molar-refractivity contribution is 7.94. The van der Waals surface area contributed by atoms with Crippen LogP contribution in [0.25, 0.3) is 6.08 Å². The summed E-state index contributed by atoms with van der Waals surface area (Å²) in [6, 6.07) is 11.2. The van der Waals surface area contributed by atoms with Crippen LogP contribution in [0.3, 0.4) is 0 Å². The smallest absolute Gasteiger partial charge is 0.257 e. The number of nitrogens with one attached hydrogen (secondary N) is 1. The molecule has 0 saturated heterocycles. The molecule has 0 saturated carbocycles. The number of sulfone groups is 1. The van der Waals surface area contributed by atoms with Gasteiger partial charge in [-0.15, -0.1) is 0 Å². The average Bonchev–Trinajstić information content (AvgIpc) is 3.29. The lowest BCUT2D eigenvalue weighted by Gasteiger charge is -2.16. The van der Waals surface area contributed by atoms with Gasteiger partial charge < -0.3 is 19.5 Å². The second kappa shape index (κ2) is 9.08. The molecule has 3 aromatic rings. The maximum absolute atomic E-state index is 12.8. The predicted molar refractivity (Wildman–Crippen MR) is 122 cm³/mol. The molecule has 1 atom stereocenters. The number of nitrogens with zero attached hydrogens (tertiary/aromatic N) is 2. The molecule has 33 heavy (non-hydrogen) atoms. The van der Waals surface area contributed by atoms with Crippen molar-refractivity contribution in [3.63, 3.8) is 0 Å². The number of benzene rings is 2. The van der Waals surface area contributed by atoms with Crippen molar-refractivity contribution in [3.05, 3.63) is 65.2 Å². The van der Waals surface area contributed by atoms with Crippen LogP contribution < -0.4 is 14.8 Å². The Morgan fingerprint density at radius 2 is 1.91 bits per heavy atom. The van der Waals surface area contributed by atoms with Crippen molar-refractivity contribution < 1.29 is 27.4 Å². The number of amides is 1. The van der Waals surface area contributed by atoms with E-state index in [1.165, 1.54) is 12.1 Å². The minimum Gasteiger partial charge on any atom is -0.488 e. The number of anilines is 1. The first-order chi connectivity index (χ1) is 15.7. The number of hydrogen-bond donors (Lipinski definition) is 1. The molecule has 4 rings (SSSR count). The highest BCUT2D eigenvalue weighted by Gasteiger charge is 2.21. The van der Waals surface area contributed by atoms with Gasteiger partial charge >= 0.3 is 0 Å². The zero-order chi connectivity index (χ0) is 23.6. The summed E-state index contributed by atoms with van der Waals surface area (Å²) in [6.07, 6.45) is 2.99. The topological polar surface area (TPSA) is 109 Å². The van der Waals surface area contributed by atoms with E-state index in [0.717, 1.165) is 5.41 Å². The minimum absolute atomic E-state index is 0.232. The van der Waals surface area contributed by atoms with Crippen molar-refractivity contribution in [1.82, 2.24) is 9.78 Å². The first-order valence-corrected chi connectivity index (χ1v) is 11.6. The highest BCUT2D eigenvalue weighted by atomic mass is 32.2. The van der Waals surface area contributed by atoms with Crippen molar-refractivity contribution in [2.24, 2.45) is 7.05 Å². The van der Waals surface area contributed by atoms with Gasteiger partial charge in [-0.2, -0.15) is 5.10 Å². The maximum Gasteiger partial charge on any atom is 0.257 e. The van der Waals surface area contributed by atoms with Gasteiger partial charge in [0.1, 0.15) is 23.4 Å². The third-order valence-electron chi connectivity index (χ3n) is 4.79. The van der Waals surface area contributed by atoms with E-state index in [1.807, 2.05) is 6.92 Å². The summed E-state index contributed by atoms with van der Waals surface area (Å²) in [5, 5.41) is 8.05. The molecule has 0 unspecified atom stereocenters. The van der Waals surface area contributed by atoms with E-state index < -0.39 is 9.84 Å². The molecule has 0 spiro atoms. The fraction of sp³-hybridized carbons (Fsp3) is 0.217. The molecule has 0 radical (unpaired) electrons. The summed E-state index contributed by atoms with van der Waals surface area (Å²) in [7, 11) is -0.0642. The summed E-state index contributed by atoms with van der Waals surface area (Å²) in [5.41, 5.74) is 0.850. The predicted octanol–water partition coefficient (Wildman–Crippen LogP) is 3.64. The maximum atomic E-state index is 12.8. The van der Waals surface area contributed by atoms with Gasteiger partial charge in [0.25, 0.3) is 5.91 Å². The van der Waals surface area contributed by atoms with Gasteiger partial charge in [0.2, 0.25) is 0 Å². The Balaban J connectivity index is 1.62. The second-order valence-electron chi connectivity index (χ2n) is 7.56. The highest BCUT2D eigenvalue weighted by Crippen LogP contribution is 2.33. The molecule has 10 heteroatoms. The molecular formula is C23H23N3O6S. The molecular weight excluding hydrogens is 446 g/mol. The summed E-state index contributed by atoms with van der Waals surface area (Å²) in [4.78, 5) is 13.1. The molecule has 1 aliphatic rings. The number of rotatable bonds is 8. The minimum atomic E-state index is -3.40. The lowest BCUT2D eigenvalue weighted by molar-refractivity contribution is 0.0915. The van der Waals surface area contributed by atoms with Gasteiger partial charge in [-0.25, -0.2) is 8.42 Å². The normalized spacial score (nSPS) is 14.5. The molecule has 1 aromatic heterocycles. The molecule has 1 aliphatic heterocycles. The van der Waals surface area contributed by atoms with Crippen LogP contribution in [0.2, 0.25) is 0 Å². The van der Waals surface area contributed by atoms with E-state index in [4.69, 9.17) is 14.2 Å². The molecule has 2 aromatic carbocycles. The second-order valence-corrected chi connectivity index (χ2v) is 9.36. The average molecular weight is 470 g/mol. The zero-order valence-corrected chi connectivity index (χ0v) is 19.1. The van der Waals surface area contributed by atoms with Crippen molar-refractivity contribution in [1.29, 1.82) is 0 Å². The number of carbonyl (C=O) groups is 1. The van der Waals surface area contributed by atoms with Gasteiger partial charge in [-0.05, 0) is 48.9 Å². The Hall–Kier alpha value is -3.63. The van der Waals surface area contributed by atoms with Gasteiger partial charge in [-0.3, -0.25) is 9.48 Å². The fourth-order valence-corrected chi connectivity index (χ4v) is 4.54. The van der Waals surface area contributed by atoms with E-state index >= 15 is 0 Å². The number of ether oxygens (including phenoxy) is 3. The van der Waals surface area contributed by atoms with Crippen molar-refractivity contribution >= 4 is 27.6 Å². The Bertz CT molecular complexity index is 1330. The van der Waals surface area contributed by atoms with Crippen LogP contribution in [0.1, 0.15) is 22.8 Å². The zero-order valence-electron chi connectivity index (χ0n) is 18.3. The van der Waals surface area contributed by atoms with Crippen LogP contribution in [0.15, 0.2) is 59.0 Å². The SMILES string of the molecule is COC[C@H](C)Oc1cc(Oc2ccc3c(c2)C=CS3(=O)=O)cc(C(=O)Nc2ccn(C)n2)c1. The summed E-state index contributed by atoms with van der Waals surface area (Å²) >= 11 is 0. The Morgan fingerprint density at radius 1 is 1.12 bits per heavy atom. The number of aryl methyl sites for hydroxylation is 1. The van der Waals surface area contributed by atoms with Crippen LogP contribution >= 0.6 is 0 Å². The largest absolute Gasteiger partial charge is 0.488 e. The first-order valence-electron chi connectivity index (χ1n) is 10.1. The van der Waals surface area contributed by atoms with Crippen molar-refractivity contribution in [2.75, 3.05) is 19.0 Å². The van der Waals surface area contributed by atoms with Crippen LogP contribution in [0.5, 0.6) is 17.2 Å². The van der Waals surface area contributed by atoms with E-state index in [-0.39, 0.29) is 16.9 Å². The lowest BCUT2D eigenvalue weighted by Crippen LogP contribution is -2.18. The first kappa shape index (κ1) is 22.6. The van der Waals surface area contributed by atoms with Gasteiger partial charge in [0.15, 0.2) is 15.7 Å². The Labute approximate surface area is 191 Å². The molecule has 1 amide bonds. The quantitative estimate of drug-likeness (QED) is 0.536. The van der Waals surface area contributed by atoms with Crippen LogP contribution in [-0.2, 0) is 21.6 Å². The summed E-state index contributed by atoms with van der Waals surface area (Å²) < 4.78 is 42.5. The molecule has 172 valence electrons. The molecule has 2 heterocycles.